The van der Waals surface area contributed by atoms with E-state index in [-0.39, 0.29) is 6.42 Å². The van der Waals surface area contributed by atoms with E-state index in [1.165, 1.54) is 0 Å². The van der Waals surface area contributed by atoms with Gasteiger partial charge in [0.05, 0.1) is 18.5 Å². The van der Waals surface area contributed by atoms with Crippen LogP contribution in [0.5, 0.6) is 11.5 Å². The van der Waals surface area contributed by atoms with Gasteiger partial charge in [-0.05, 0) is 65.9 Å². The Hall–Kier alpha value is -3.77. The molecule has 3 aromatic carbocycles. The van der Waals surface area contributed by atoms with Crippen LogP contribution < -0.4 is 9.47 Å². The summed E-state index contributed by atoms with van der Waals surface area (Å²) in [5, 5.41) is 14.8. The number of aryl methyl sites for hydroxylation is 1. The number of benzene rings is 3. The smallest absolute Gasteiger partial charge is 0.303 e. The molecule has 0 fully saturated rings. The molecule has 6 nitrogen and oxygen atoms in total. The molecule has 0 aliphatic rings. The third-order valence-electron chi connectivity index (χ3n) is 5.93. The largest absolute Gasteiger partial charge is 0.496 e. The van der Waals surface area contributed by atoms with Gasteiger partial charge in [-0.15, -0.1) is 0 Å². The predicted octanol–water partition coefficient (Wildman–Crippen LogP) is 7.13. The van der Waals surface area contributed by atoms with E-state index < -0.39 is 5.97 Å². The van der Waals surface area contributed by atoms with Crippen molar-refractivity contribution in [3.8, 4) is 34.0 Å². The van der Waals surface area contributed by atoms with E-state index in [4.69, 9.17) is 26.2 Å². The van der Waals surface area contributed by atoms with Crippen molar-refractivity contribution >= 4 is 17.6 Å². The van der Waals surface area contributed by atoms with Gasteiger partial charge in [0.2, 0.25) is 0 Å². The van der Waals surface area contributed by atoms with Crippen molar-refractivity contribution in [1.82, 2.24) is 9.78 Å². The molecule has 0 amide bonds. The van der Waals surface area contributed by atoms with Gasteiger partial charge < -0.3 is 14.6 Å². The fourth-order valence-corrected chi connectivity index (χ4v) is 4.42. The Morgan fingerprint density at radius 2 is 1.78 bits per heavy atom. The molecule has 4 aromatic rings. The summed E-state index contributed by atoms with van der Waals surface area (Å²) >= 11 is 6.15. The number of ether oxygens (including phenoxy) is 2. The average Bonchev–Trinajstić information content (AvgIpc) is 3.29. The number of aromatic nitrogens is 2. The molecule has 1 aromatic heterocycles. The van der Waals surface area contributed by atoms with Crippen molar-refractivity contribution in [3.63, 3.8) is 0 Å². The first-order chi connectivity index (χ1) is 17.8. The third kappa shape index (κ3) is 6.71. The zero-order chi connectivity index (χ0) is 26.4. The second kappa shape index (κ2) is 12.0. The summed E-state index contributed by atoms with van der Waals surface area (Å²) in [5.74, 6) is 0.982. The Morgan fingerprint density at radius 1 is 0.973 bits per heavy atom. The Bertz CT molecular complexity index is 1380. The summed E-state index contributed by atoms with van der Waals surface area (Å²) in [6, 6.07) is 23.3. The summed E-state index contributed by atoms with van der Waals surface area (Å²) in [4.78, 5) is 11.2. The summed E-state index contributed by atoms with van der Waals surface area (Å²) in [6.45, 7) is 5.37. The normalized spacial score (nSPS) is 11.1. The quantitative estimate of drug-likeness (QED) is 0.228. The molecule has 0 aliphatic heterocycles. The van der Waals surface area contributed by atoms with Crippen LogP contribution in [0.4, 0.5) is 0 Å². The van der Waals surface area contributed by atoms with Crippen molar-refractivity contribution in [3.05, 3.63) is 88.9 Å². The maximum atomic E-state index is 11.2. The molecule has 0 bridgehead atoms. The molecule has 0 atom stereocenters. The minimum Gasteiger partial charge on any atom is -0.496 e. The zero-order valence-corrected chi connectivity index (χ0v) is 22.0. The average molecular weight is 519 g/mol. The minimum atomic E-state index is -0.831. The number of hydrogen-bond acceptors (Lipinski definition) is 4. The topological polar surface area (TPSA) is 73.6 Å². The van der Waals surface area contributed by atoms with Crippen molar-refractivity contribution < 1.29 is 19.4 Å². The summed E-state index contributed by atoms with van der Waals surface area (Å²) in [5.41, 5.74) is 5.31. The molecule has 4 rings (SSSR count). The number of halogens is 1. The molecule has 0 spiro atoms. The van der Waals surface area contributed by atoms with Crippen molar-refractivity contribution in [1.29, 1.82) is 0 Å². The SMILES string of the molecule is COc1ccccc1-c1cc(-c2cc(CCC(=O)O)ccc2OCc2cccc(Cl)c2)nn1CC(C)C. The van der Waals surface area contributed by atoms with Crippen LogP contribution in [0.2, 0.25) is 5.02 Å². The highest BCUT2D eigenvalue weighted by molar-refractivity contribution is 6.30. The number of aliphatic carboxylic acids is 1. The van der Waals surface area contributed by atoms with Crippen LogP contribution in [0.25, 0.3) is 22.5 Å². The molecular weight excluding hydrogens is 488 g/mol. The van der Waals surface area contributed by atoms with E-state index in [9.17, 15) is 9.90 Å². The lowest BCUT2D eigenvalue weighted by Gasteiger charge is -2.13. The van der Waals surface area contributed by atoms with E-state index >= 15 is 0 Å². The van der Waals surface area contributed by atoms with Gasteiger partial charge in [-0.25, -0.2) is 0 Å². The summed E-state index contributed by atoms with van der Waals surface area (Å²) in [7, 11) is 1.66. The maximum absolute atomic E-state index is 11.2. The molecule has 0 unspecified atom stereocenters. The van der Waals surface area contributed by atoms with Crippen LogP contribution in [0, 0.1) is 5.92 Å². The van der Waals surface area contributed by atoms with Crippen LogP contribution in [0.15, 0.2) is 72.8 Å². The number of carboxylic acids is 1. The second-order valence-electron chi connectivity index (χ2n) is 9.33. The van der Waals surface area contributed by atoms with Crippen molar-refractivity contribution in [2.45, 2.75) is 39.8 Å². The number of carboxylic acid groups (broad SMARTS) is 1. The van der Waals surface area contributed by atoms with Crippen molar-refractivity contribution in [2.75, 3.05) is 7.11 Å². The van der Waals surface area contributed by atoms with Gasteiger partial charge >= 0.3 is 5.97 Å². The molecule has 7 heteroatoms. The summed E-state index contributed by atoms with van der Waals surface area (Å²) in [6.07, 6.45) is 0.472. The standard InChI is InChI=1S/C30H31ClN2O4/c1-20(2)18-33-27(24-9-4-5-10-28(24)36-3)17-26(32-33)25-16-21(12-14-30(34)35)11-13-29(25)37-19-22-7-6-8-23(31)15-22/h4-11,13,15-17,20H,12,14,18-19H2,1-3H3,(H,34,35). The molecule has 37 heavy (non-hydrogen) atoms. The molecule has 1 heterocycles. The van der Waals surface area contributed by atoms with Crippen LogP contribution in [-0.2, 0) is 24.4 Å². The molecule has 0 radical (unpaired) electrons. The van der Waals surface area contributed by atoms with Gasteiger partial charge in [0.25, 0.3) is 0 Å². The van der Waals surface area contributed by atoms with Crippen LogP contribution in [0.3, 0.4) is 0 Å². The predicted molar refractivity (Wildman–Crippen MR) is 146 cm³/mol. The van der Waals surface area contributed by atoms with Gasteiger partial charge in [0.1, 0.15) is 18.1 Å². The number of rotatable bonds is 11. The van der Waals surface area contributed by atoms with E-state index in [2.05, 4.69) is 13.8 Å². The molecule has 0 aliphatic carbocycles. The van der Waals surface area contributed by atoms with Gasteiger partial charge in [-0.1, -0.05) is 55.8 Å². The Kier molecular flexibility index (Phi) is 8.51. The fraction of sp³-hybridized carbons (Fsp3) is 0.267. The number of nitrogens with zero attached hydrogens (tertiary/aromatic N) is 2. The lowest BCUT2D eigenvalue weighted by atomic mass is 10.0. The highest BCUT2D eigenvalue weighted by atomic mass is 35.5. The number of para-hydroxylation sites is 1. The van der Waals surface area contributed by atoms with Crippen LogP contribution in [-0.4, -0.2) is 28.0 Å². The fourth-order valence-electron chi connectivity index (χ4n) is 4.20. The monoisotopic (exact) mass is 518 g/mol. The molecule has 1 N–H and O–H groups in total. The highest BCUT2D eigenvalue weighted by Crippen LogP contribution is 2.37. The number of methoxy groups -OCH3 is 1. The first-order valence-electron chi connectivity index (χ1n) is 12.3. The molecule has 0 saturated carbocycles. The van der Waals surface area contributed by atoms with Gasteiger partial charge in [0, 0.05) is 29.1 Å². The lowest BCUT2D eigenvalue weighted by Crippen LogP contribution is -2.08. The molecule has 192 valence electrons. The Morgan fingerprint density at radius 3 is 2.51 bits per heavy atom. The lowest BCUT2D eigenvalue weighted by molar-refractivity contribution is -0.136. The molecule has 0 saturated heterocycles. The van der Waals surface area contributed by atoms with Crippen LogP contribution in [0.1, 0.15) is 31.4 Å². The van der Waals surface area contributed by atoms with E-state index in [0.29, 0.717) is 29.7 Å². The zero-order valence-electron chi connectivity index (χ0n) is 21.3. The second-order valence-corrected chi connectivity index (χ2v) is 9.77. The van der Waals surface area contributed by atoms with Gasteiger partial charge in [0.15, 0.2) is 0 Å². The Balaban J connectivity index is 1.78. The van der Waals surface area contributed by atoms with E-state index in [1.807, 2.05) is 77.5 Å². The first-order valence-corrected chi connectivity index (χ1v) is 12.7. The van der Waals surface area contributed by atoms with Crippen LogP contribution >= 0.6 is 11.6 Å². The van der Waals surface area contributed by atoms with Gasteiger partial charge in [-0.3, -0.25) is 9.48 Å². The summed E-state index contributed by atoms with van der Waals surface area (Å²) < 4.78 is 13.9. The first kappa shape index (κ1) is 26.3. The van der Waals surface area contributed by atoms with Crippen molar-refractivity contribution in [2.24, 2.45) is 5.92 Å². The van der Waals surface area contributed by atoms with E-state index in [1.54, 1.807) is 7.11 Å². The maximum Gasteiger partial charge on any atom is 0.303 e. The van der Waals surface area contributed by atoms with Gasteiger partial charge in [-0.2, -0.15) is 5.10 Å². The number of hydrogen-bond donors (Lipinski definition) is 1. The molecular formula is C30H31ClN2O4. The highest BCUT2D eigenvalue weighted by Gasteiger charge is 2.19. The number of carbonyl (C=O) groups is 1. The van der Waals surface area contributed by atoms with E-state index in [0.717, 1.165) is 45.9 Å². The Labute approximate surface area is 222 Å². The minimum absolute atomic E-state index is 0.0520. The third-order valence-corrected chi connectivity index (χ3v) is 6.17.